The number of methoxy groups -OCH3 is 1. The van der Waals surface area contributed by atoms with Crippen LogP contribution in [-0.2, 0) is 18.3 Å². The molecule has 36 heavy (non-hydrogen) atoms. The van der Waals surface area contributed by atoms with Crippen molar-refractivity contribution in [2.24, 2.45) is 0 Å². The zero-order valence-corrected chi connectivity index (χ0v) is 26.4. The molecule has 0 aliphatic rings. The molecule has 3 unspecified atom stereocenters. The highest BCUT2D eigenvalue weighted by Gasteiger charge is 2.24. The standard InChI is InChI=1S/C28H60NO5PS/c1-7-8-9-10-11-12-13-14-15-16-17-18-19-20-21-22-27(2)36-26-28(32-6)25-34-35(30,31)33-24-23-29(3,4)5/h27-28H,7-26H2,1-6H3/p+1. The van der Waals surface area contributed by atoms with E-state index in [0.29, 0.717) is 16.3 Å². The Labute approximate surface area is 228 Å². The van der Waals surface area contributed by atoms with E-state index in [0.717, 1.165) is 5.75 Å². The summed E-state index contributed by atoms with van der Waals surface area (Å²) < 4.78 is 28.4. The minimum Gasteiger partial charge on any atom is -0.378 e. The number of hydrogen-bond acceptors (Lipinski definition) is 5. The van der Waals surface area contributed by atoms with Crippen LogP contribution >= 0.6 is 19.6 Å². The first-order valence-corrected chi connectivity index (χ1v) is 17.2. The average molecular weight is 555 g/mol. The summed E-state index contributed by atoms with van der Waals surface area (Å²) in [5, 5.41) is 0.548. The van der Waals surface area contributed by atoms with Crippen LogP contribution < -0.4 is 0 Å². The van der Waals surface area contributed by atoms with Gasteiger partial charge in [0.15, 0.2) is 0 Å². The quantitative estimate of drug-likeness (QED) is 0.0627. The molecule has 218 valence electrons. The molecule has 0 aromatic carbocycles. The van der Waals surface area contributed by atoms with Crippen molar-refractivity contribution in [3.63, 3.8) is 0 Å². The van der Waals surface area contributed by atoms with Crippen molar-refractivity contribution in [3.05, 3.63) is 0 Å². The van der Waals surface area contributed by atoms with Crippen LogP contribution in [0.4, 0.5) is 0 Å². The van der Waals surface area contributed by atoms with Crippen LogP contribution in [0.2, 0.25) is 0 Å². The maximum absolute atomic E-state index is 12.1. The number of rotatable bonds is 27. The minimum atomic E-state index is -4.04. The Hall–Kier alpha value is 0.380. The number of ether oxygens (including phenoxy) is 1. The van der Waals surface area contributed by atoms with Gasteiger partial charge in [-0.05, 0) is 6.42 Å². The molecule has 0 saturated carbocycles. The van der Waals surface area contributed by atoms with Gasteiger partial charge in [0.25, 0.3) is 0 Å². The van der Waals surface area contributed by atoms with Gasteiger partial charge in [0.2, 0.25) is 0 Å². The topological polar surface area (TPSA) is 65.0 Å². The van der Waals surface area contributed by atoms with Gasteiger partial charge >= 0.3 is 7.82 Å². The smallest absolute Gasteiger partial charge is 0.378 e. The molecule has 3 atom stereocenters. The second kappa shape index (κ2) is 23.3. The van der Waals surface area contributed by atoms with Crippen molar-refractivity contribution in [3.8, 4) is 0 Å². The summed E-state index contributed by atoms with van der Waals surface area (Å²) in [5.74, 6) is 0.745. The van der Waals surface area contributed by atoms with E-state index in [9.17, 15) is 9.46 Å². The number of phosphoric acid groups is 1. The van der Waals surface area contributed by atoms with Gasteiger partial charge in [-0.2, -0.15) is 11.8 Å². The molecule has 0 saturated heterocycles. The fourth-order valence-electron chi connectivity index (χ4n) is 3.99. The summed E-state index contributed by atoms with van der Waals surface area (Å²) in [4.78, 5) is 9.88. The molecule has 1 N–H and O–H groups in total. The molecule has 0 amide bonds. The van der Waals surface area contributed by atoms with E-state index in [-0.39, 0.29) is 19.3 Å². The zero-order valence-electron chi connectivity index (χ0n) is 24.7. The predicted octanol–water partition coefficient (Wildman–Crippen LogP) is 8.22. The molecule has 0 aromatic rings. The van der Waals surface area contributed by atoms with Crippen LogP contribution in [0.3, 0.4) is 0 Å². The fraction of sp³-hybridized carbons (Fsp3) is 1.00. The highest BCUT2D eigenvalue weighted by molar-refractivity contribution is 7.99. The second-order valence-electron chi connectivity index (χ2n) is 11.4. The van der Waals surface area contributed by atoms with Gasteiger partial charge in [-0.25, -0.2) is 4.57 Å². The van der Waals surface area contributed by atoms with Crippen LogP contribution in [-0.4, -0.2) is 74.5 Å². The van der Waals surface area contributed by atoms with Crippen molar-refractivity contribution < 1.29 is 27.7 Å². The third kappa shape index (κ3) is 26.0. The lowest BCUT2D eigenvalue weighted by Crippen LogP contribution is -2.37. The zero-order chi connectivity index (χ0) is 27.1. The Kier molecular flexibility index (Phi) is 23.5. The minimum absolute atomic E-state index is 0.0628. The first-order chi connectivity index (χ1) is 17.1. The van der Waals surface area contributed by atoms with Crippen LogP contribution in [0.1, 0.15) is 117 Å². The Balaban J connectivity index is 3.64. The van der Waals surface area contributed by atoms with Crippen molar-refractivity contribution in [1.29, 1.82) is 0 Å². The van der Waals surface area contributed by atoms with Crippen LogP contribution in [0.15, 0.2) is 0 Å². The van der Waals surface area contributed by atoms with E-state index in [1.54, 1.807) is 7.11 Å². The molecule has 0 radical (unpaired) electrons. The largest absolute Gasteiger partial charge is 0.472 e. The normalized spacial score (nSPS) is 15.6. The van der Waals surface area contributed by atoms with Gasteiger partial charge in [-0.15, -0.1) is 0 Å². The average Bonchev–Trinajstić information content (AvgIpc) is 2.80. The van der Waals surface area contributed by atoms with Crippen LogP contribution in [0.5, 0.6) is 0 Å². The molecule has 8 heteroatoms. The Morgan fingerprint density at radius 3 is 1.72 bits per heavy atom. The summed E-state index contributed by atoms with van der Waals surface area (Å²) in [6, 6.07) is 0. The molecular formula is C28H61NO5PS+. The lowest BCUT2D eigenvalue weighted by Gasteiger charge is -2.24. The third-order valence-corrected chi connectivity index (χ3v) is 8.91. The summed E-state index contributed by atoms with van der Waals surface area (Å²) >= 11 is 1.85. The van der Waals surface area contributed by atoms with Crippen LogP contribution in [0, 0.1) is 0 Å². The molecule has 0 spiro atoms. The fourth-order valence-corrected chi connectivity index (χ4v) is 5.84. The number of thioether (sulfide) groups is 1. The van der Waals surface area contributed by atoms with Crippen LogP contribution in [0.25, 0.3) is 0 Å². The molecule has 0 rings (SSSR count). The lowest BCUT2D eigenvalue weighted by atomic mass is 10.0. The van der Waals surface area contributed by atoms with Crippen molar-refractivity contribution in [2.75, 3.05) is 53.8 Å². The molecule has 6 nitrogen and oxygen atoms in total. The summed E-state index contributed by atoms with van der Waals surface area (Å²) in [6.07, 6.45) is 21.9. The van der Waals surface area contributed by atoms with E-state index in [4.69, 9.17) is 13.8 Å². The van der Waals surface area contributed by atoms with Crippen molar-refractivity contribution >= 4 is 19.6 Å². The lowest BCUT2D eigenvalue weighted by molar-refractivity contribution is -0.870. The Morgan fingerprint density at radius 2 is 1.28 bits per heavy atom. The maximum Gasteiger partial charge on any atom is 0.472 e. The molecular weight excluding hydrogens is 493 g/mol. The maximum atomic E-state index is 12.1. The summed E-state index contributed by atoms with van der Waals surface area (Å²) in [7, 11) is 3.60. The molecule has 0 aliphatic carbocycles. The van der Waals surface area contributed by atoms with E-state index >= 15 is 0 Å². The first kappa shape index (κ1) is 36.4. The Bertz CT molecular complexity index is 533. The predicted molar refractivity (Wildman–Crippen MR) is 157 cm³/mol. The number of unbranched alkanes of at least 4 members (excludes halogenated alkanes) is 14. The van der Waals surface area contributed by atoms with Gasteiger partial charge in [0, 0.05) is 18.1 Å². The number of nitrogens with zero attached hydrogens (tertiary/aromatic N) is 1. The number of likely N-dealkylation sites (N-methyl/N-ethyl adjacent to an activating group) is 1. The van der Waals surface area contributed by atoms with E-state index in [2.05, 4.69) is 13.8 Å². The van der Waals surface area contributed by atoms with E-state index in [1.165, 1.54) is 103 Å². The number of phosphoric ester groups is 1. The molecule has 0 heterocycles. The number of quaternary nitrogens is 1. The van der Waals surface area contributed by atoms with Crippen molar-refractivity contribution in [1.82, 2.24) is 0 Å². The van der Waals surface area contributed by atoms with Gasteiger partial charge in [0.05, 0.1) is 33.9 Å². The second-order valence-corrected chi connectivity index (χ2v) is 14.3. The molecule has 0 aliphatic heterocycles. The molecule has 0 fully saturated rings. The van der Waals surface area contributed by atoms with Gasteiger partial charge in [0.1, 0.15) is 13.2 Å². The summed E-state index contributed by atoms with van der Waals surface area (Å²) in [5.41, 5.74) is 0. The van der Waals surface area contributed by atoms with Crippen molar-refractivity contribution in [2.45, 2.75) is 128 Å². The number of hydrogen-bond donors (Lipinski definition) is 1. The van der Waals surface area contributed by atoms with Gasteiger partial charge < -0.3 is 14.1 Å². The van der Waals surface area contributed by atoms with E-state index in [1.807, 2.05) is 32.9 Å². The molecule has 0 aromatic heterocycles. The molecule has 0 bridgehead atoms. The first-order valence-electron chi connectivity index (χ1n) is 14.7. The monoisotopic (exact) mass is 554 g/mol. The summed E-state index contributed by atoms with van der Waals surface area (Å²) in [6.45, 7) is 5.41. The van der Waals surface area contributed by atoms with E-state index < -0.39 is 7.82 Å². The highest BCUT2D eigenvalue weighted by atomic mass is 32.2. The Morgan fingerprint density at radius 1 is 0.806 bits per heavy atom. The van der Waals surface area contributed by atoms with Gasteiger partial charge in [-0.3, -0.25) is 9.05 Å². The third-order valence-electron chi connectivity index (χ3n) is 6.55. The van der Waals surface area contributed by atoms with Gasteiger partial charge in [-0.1, -0.05) is 110 Å². The SMILES string of the molecule is CCCCCCCCCCCCCCCCCC(C)SCC(COP(=O)(O)OCC[N+](C)(C)C)OC. The highest BCUT2D eigenvalue weighted by Crippen LogP contribution is 2.43.